The Morgan fingerprint density at radius 3 is 2.62 bits per heavy atom. The number of rotatable bonds is 5. The van der Waals surface area contributed by atoms with Crippen molar-refractivity contribution in [2.24, 2.45) is 0 Å². The molecule has 3 aromatic heterocycles. The number of anilines is 2. The minimum absolute atomic E-state index is 0.563. The SMILES string of the molecule is CCOc1cc(-c2cncc(C)c2)cnc1Nc1cccc(C)n1. The van der Waals surface area contributed by atoms with Crippen molar-refractivity contribution in [3.63, 3.8) is 0 Å². The molecule has 122 valence electrons. The molecule has 0 aliphatic heterocycles. The first-order valence-electron chi connectivity index (χ1n) is 7.91. The van der Waals surface area contributed by atoms with Gasteiger partial charge in [-0.05, 0) is 50.6 Å². The molecule has 0 aliphatic carbocycles. The fourth-order valence-electron chi connectivity index (χ4n) is 2.41. The van der Waals surface area contributed by atoms with E-state index in [4.69, 9.17) is 4.74 Å². The van der Waals surface area contributed by atoms with Crippen molar-refractivity contribution in [1.82, 2.24) is 15.0 Å². The summed E-state index contributed by atoms with van der Waals surface area (Å²) in [7, 11) is 0. The molecule has 0 saturated heterocycles. The summed E-state index contributed by atoms with van der Waals surface area (Å²) in [6.45, 7) is 6.49. The van der Waals surface area contributed by atoms with Gasteiger partial charge >= 0.3 is 0 Å². The third kappa shape index (κ3) is 3.68. The lowest BCUT2D eigenvalue weighted by Gasteiger charge is -2.13. The van der Waals surface area contributed by atoms with Crippen molar-refractivity contribution < 1.29 is 4.74 Å². The number of aromatic nitrogens is 3. The van der Waals surface area contributed by atoms with Gasteiger partial charge in [0.2, 0.25) is 0 Å². The summed E-state index contributed by atoms with van der Waals surface area (Å²) in [5.41, 5.74) is 4.04. The molecule has 0 unspecified atom stereocenters. The predicted octanol–water partition coefficient (Wildman–Crippen LogP) is 4.30. The number of nitrogens with zero attached hydrogens (tertiary/aromatic N) is 3. The van der Waals surface area contributed by atoms with E-state index >= 15 is 0 Å². The molecule has 3 rings (SSSR count). The van der Waals surface area contributed by atoms with Gasteiger partial charge in [0.1, 0.15) is 5.82 Å². The minimum Gasteiger partial charge on any atom is -0.490 e. The van der Waals surface area contributed by atoms with Crippen LogP contribution < -0.4 is 10.1 Å². The average molecular weight is 320 g/mol. The number of hydrogen-bond acceptors (Lipinski definition) is 5. The van der Waals surface area contributed by atoms with Crippen molar-refractivity contribution in [3.8, 4) is 16.9 Å². The largest absolute Gasteiger partial charge is 0.490 e. The molecule has 5 heteroatoms. The smallest absolute Gasteiger partial charge is 0.174 e. The standard InChI is InChI=1S/C19H20N4O/c1-4-24-17-9-16(15-8-13(2)10-20-11-15)12-21-19(17)23-18-7-5-6-14(3)22-18/h5-12H,4H2,1-3H3,(H,21,22,23). The van der Waals surface area contributed by atoms with Gasteiger partial charge in [-0.25, -0.2) is 9.97 Å². The molecule has 0 aliphatic rings. The van der Waals surface area contributed by atoms with Crippen molar-refractivity contribution in [2.75, 3.05) is 11.9 Å². The van der Waals surface area contributed by atoms with Crippen LogP contribution in [0.1, 0.15) is 18.2 Å². The van der Waals surface area contributed by atoms with E-state index in [0.717, 1.165) is 28.2 Å². The highest BCUT2D eigenvalue weighted by Crippen LogP contribution is 2.30. The first-order valence-corrected chi connectivity index (χ1v) is 7.91. The van der Waals surface area contributed by atoms with Crippen LogP contribution in [0.5, 0.6) is 5.75 Å². The van der Waals surface area contributed by atoms with E-state index in [1.165, 1.54) is 0 Å². The molecule has 3 heterocycles. The maximum absolute atomic E-state index is 5.76. The summed E-state index contributed by atoms with van der Waals surface area (Å²) < 4.78 is 5.76. The molecule has 1 N–H and O–H groups in total. The van der Waals surface area contributed by atoms with Gasteiger partial charge in [-0.15, -0.1) is 0 Å². The Labute approximate surface area is 141 Å². The van der Waals surface area contributed by atoms with Crippen LogP contribution in [0.3, 0.4) is 0 Å². The van der Waals surface area contributed by atoms with Gasteiger partial charge in [-0.2, -0.15) is 0 Å². The maximum Gasteiger partial charge on any atom is 0.174 e. The van der Waals surface area contributed by atoms with Gasteiger partial charge in [0.15, 0.2) is 11.6 Å². The Morgan fingerprint density at radius 1 is 1.04 bits per heavy atom. The second kappa shape index (κ2) is 7.08. The number of aryl methyl sites for hydroxylation is 2. The minimum atomic E-state index is 0.563. The Hall–Kier alpha value is -2.95. The van der Waals surface area contributed by atoms with E-state index in [1.54, 1.807) is 0 Å². The fraction of sp³-hybridized carbons (Fsp3) is 0.211. The Balaban J connectivity index is 1.95. The van der Waals surface area contributed by atoms with Gasteiger partial charge in [-0.1, -0.05) is 6.07 Å². The third-order valence-corrected chi connectivity index (χ3v) is 3.50. The van der Waals surface area contributed by atoms with Gasteiger partial charge in [-0.3, -0.25) is 4.98 Å². The molecule has 0 aromatic carbocycles. The highest BCUT2D eigenvalue weighted by molar-refractivity contribution is 5.69. The lowest BCUT2D eigenvalue weighted by atomic mass is 10.1. The lowest BCUT2D eigenvalue weighted by Crippen LogP contribution is -2.02. The van der Waals surface area contributed by atoms with Crippen LogP contribution in [0, 0.1) is 13.8 Å². The van der Waals surface area contributed by atoms with Crippen LogP contribution in [0.2, 0.25) is 0 Å². The summed E-state index contributed by atoms with van der Waals surface area (Å²) in [5, 5.41) is 3.23. The molecular weight excluding hydrogens is 300 g/mol. The first-order chi connectivity index (χ1) is 11.7. The van der Waals surface area contributed by atoms with E-state index in [1.807, 2.05) is 63.6 Å². The highest BCUT2D eigenvalue weighted by atomic mass is 16.5. The van der Waals surface area contributed by atoms with Crippen LogP contribution in [0.15, 0.2) is 48.9 Å². The van der Waals surface area contributed by atoms with E-state index < -0.39 is 0 Å². The molecule has 3 aromatic rings. The van der Waals surface area contributed by atoms with Crippen molar-refractivity contribution in [3.05, 3.63) is 60.2 Å². The molecule has 0 radical (unpaired) electrons. The first kappa shape index (κ1) is 15.9. The van der Waals surface area contributed by atoms with Gasteiger partial charge in [0, 0.05) is 35.4 Å². The molecule has 0 saturated carbocycles. The van der Waals surface area contributed by atoms with Crippen molar-refractivity contribution in [1.29, 1.82) is 0 Å². The molecule has 0 spiro atoms. The number of hydrogen-bond donors (Lipinski definition) is 1. The topological polar surface area (TPSA) is 59.9 Å². The molecule has 0 atom stereocenters. The molecule has 0 amide bonds. The molecular formula is C19H20N4O. The molecule has 24 heavy (non-hydrogen) atoms. The summed E-state index contributed by atoms with van der Waals surface area (Å²) >= 11 is 0. The monoisotopic (exact) mass is 320 g/mol. The highest BCUT2D eigenvalue weighted by Gasteiger charge is 2.10. The van der Waals surface area contributed by atoms with Crippen LogP contribution >= 0.6 is 0 Å². The molecule has 0 bridgehead atoms. The second-order valence-corrected chi connectivity index (χ2v) is 5.54. The van der Waals surface area contributed by atoms with Crippen LogP contribution in [0.4, 0.5) is 11.6 Å². The summed E-state index contributed by atoms with van der Waals surface area (Å²) in [4.78, 5) is 13.2. The van der Waals surface area contributed by atoms with Gasteiger partial charge < -0.3 is 10.1 Å². The van der Waals surface area contributed by atoms with Crippen LogP contribution in [0.25, 0.3) is 11.1 Å². The quantitative estimate of drug-likeness (QED) is 0.759. The summed E-state index contributed by atoms with van der Waals surface area (Å²) in [5.74, 6) is 2.09. The van der Waals surface area contributed by atoms with Crippen LogP contribution in [-0.2, 0) is 0 Å². The Morgan fingerprint density at radius 2 is 1.88 bits per heavy atom. The third-order valence-electron chi connectivity index (χ3n) is 3.50. The van der Waals surface area contributed by atoms with Crippen molar-refractivity contribution >= 4 is 11.6 Å². The predicted molar refractivity (Wildman–Crippen MR) is 95.6 cm³/mol. The van der Waals surface area contributed by atoms with E-state index in [9.17, 15) is 0 Å². The van der Waals surface area contributed by atoms with Crippen LogP contribution in [-0.4, -0.2) is 21.6 Å². The Kier molecular flexibility index (Phi) is 4.70. The number of pyridine rings is 3. The second-order valence-electron chi connectivity index (χ2n) is 5.54. The Bertz CT molecular complexity index is 848. The normalized spacial score (nSPS) is 10.5. The molecule has 0 fully saturated rings. The van der Waals surface area contributed by atoms with E-state index in [-0.39, 0.29) is 0 Å². The fourth-order valence-corrected chi connectivity index (χ4v) is 2.41. The average Bonchev–Trinajstić information content (AvgIpc) is 2.57. The van der Waals surface area contributed by atoms with E-state index in [2.05, 4.69) is 26.3 Å². The molecule has 5 nitrogen and oxygen atoms in total. The maximum atomic E-state index is 5.76. The van der Waals surface area contributed by atoms with Gasteiger partial charge in [0.05, 0.1) is 6.61 Å². The zero-order chi connectivity index (χ0) is 16.9. The van der Waals surface area contributed by atoms with E-state index in [0.29, 0.717) is 18.2 Å². The zero-order valence-electron chi connectivity index (χ0n) is 14.1. The lowest BCUT2D eigenvalue weighted by molar-refractivity contribution is 0.341. The zero-order valence-corrected chi connectivity index (χ0v) is 14.1. The van der Waals surface area contributed by atoms with Crippen molar-refractivity contribution in [2.45, 2.75) is 20.8 Å². The summed E-state index contributed by atoms with van der Waals surface area (Å²) in [6, 6.07) is 9.87. The van der Waals surface area contributed by atoms with Gasteiger partial charge in [0.25, 0.3) is 0 Å². The number of ether oxygens (including phenoxy) is 1. The number of nitrogens with one attached hydrogen (secondary N) is 1. The summed E-state index contributed by atoms with van der Waals surface area (Å²) in [6.07, 6.45) is 5.48.